The van der Waals surface area contributed by atoms with Crippen LogP contribution in [-0.4, -0.2) is 277 Å². The molecule has 0 bridgehead atoms. The number of hydrogen-bond donors (Lipinski definition) is 14. The second-order valence-electron chi connectivity index (χ2n) is 22.9. The van der Waals surface area contributed by atoms with Crippen molar-refractivity contribution in [3.63, 3.8) is 0 Å². The highest BCUT2D eigenvalue weighted by molar-refractivity contribution is 5.82. The molecule has 8 rings (SSSR count). The number of hydrogen-bond acceptors (Lipinski definition) is 27. The van der Waals surface area contributed by atoms with E-state index in [0.29, 0.717) is 38.5 Å². The number of fused-ring (bicyclic) bond motifs is 1. The second kappa shape index (κ2) is 28.6. The van der Waals surface area contributed by atoms with Gasteiger partial charge in [0.2, 0.25) is 0 Å². The molecule has 0 aromatic rings. The van der Waals surface area contributed by atoms with Gasteiger partial charge >= 0.3 is 11.9 Å². The molecule has 4 aliphatic heterocycles. The molecule has 4 saturated carbocycles. The van der Waals surface area contributed by atoms with Crippen LogP contribution in [-0.2, 0) is 61.7 Å². The van der Waals surface area contributed by atoms with Crippen molar-refractivity contribution >= 4 is 11.9 Å². The summed E-state index contributed by atoms with van der Waals surface area (Å²) in [7, 11) is 2.93. The Kier molecular flexibility index (Phi) is 22.7. The second-order valence-corrected chi connectivity index (χ2v) is 22.9. The van der Waals surface area contributed by atoms with Crippen molar-refractivity contribution in [2.45, 2.75) is 236 Å². The molecular weight excluding hydrogens is 1070 g/mol. The van der Waals surface area contributed by atoms with Crippen LogP contribution in [0.25, 0.3) is 0 Å². The Balaban J connectivity index is 1.05. The van der Waals surface area contributed by atoms with Crippen molar-refractivity contribution in [1.29, 1.82) is 0 Å². The number of aliphatic hydroxyl groups excluding tert-OH is 14. The summed E-state index contributed by atoms with van der Waals surface area (Å²) in [5.41, 5.74) is 0. The quantitative estimate of drug-likeness (QED) is 0.0452. The summed E-state index contributed by atoms with van der Waals surface area (Å²) in [4.78, 5) is 26.0. The zero-order valence-electron chi connectivity index (χ0n) is 44.8. The molecule has 4 aliphatic carbocycles. The normalized spacial score (nSPS) is 48.6. The van der Waals surface area contributed by atoms with E-state index in [1.807, 2.05) is 0 Å². The van der Waals surface area contributed by atoms with Gasteiger partial charge in [-0.25, -0.2) is 9.59 Å². The third kappa shape index (κ3) is 15.1. The zero-order chi connectivity index (χ0) is 57.7. The molecular formula is C53H84O27. The third-order valence-corrected chi connectivity index (χ3v) is 17.5. The Bertz CT molecular complexity index is 2020. The van der Waals surface area contributed by atoms with Crippen molar-refractivity contribution < 1.29 is 133 Å². The molecule has 0 aromatic carbocycles. The van der Waals surface area contributed by atoms with Crippen LogP contribution in [0.5, 0.6) is 0 Å². The first-order valence-corrected chi connectivity index (χ1v) is 28.0. The van der Waals surface area contributed by atoms with E-state index in [4.69, 9.17) is 52.1 Å². The Morgan fingerprint density at radius 2 is 0.975 bits per heavy atom. The topological polar surface area (TPSA) is 419 Å². The molecule has 4 heterocycles. The molecule has 27 nitrogen and oxygen atoms in total. The fourth-order valence-electron chi connectivity index (χ4n) is 12.7. The monoisotopic (exact) mass is 1150 g/mol. The van der Waals surface area contributed by atoms with Gasteiger partial charge in [-0.3, -0.25) is 0 Å². The summed E-state index contributed by atoms with van der Waals surface area (Å²) in [6.45, 7) is -2.08. The number of aliphatic hydroxyl groups is 14. The summed E-state index contributed by atoms with van der Waals surface area (Å²) in [5.74, 6) is -3.20. The van der Waals surface area contributed by atoms with Gasteiger partial charge in [-0.05, 0) is 88.4 Å². The number of allylic oxidation sites excluding steroid dienone is 2. The Hall–Kier alpha value is -2.50. The van der Waals surface area contributed by atoms with Crippen LogP contribution < -0.4 is 0 Å². The minimum atomic E-state index is -2.05. The van der Waals surface area contributed by atoms with Crippen molar-refractivity contribution in [2.75, 3.05) is 34.0 Å². The van der Waals surface area contributed by atoms with Crippen molar-refractivity contribution in [3.05, 3.63) is 24.3 Å². The first-order chi connectivity index (χ1) is 38.2. The maximum Gasteiger partial charge on any atom is 0.330 e. The Labute approximate surface area is 462 Å². The number of rotatable bonds is 18. The summed E-state index contributed by atoms with van der Waals surface area (Å²) in [6.07, 6.45) is -26.9. The largest absolute Gasteiger partial charge is 0.460 e. The third-order valence-electron chi connectivity index (χ3n) is 17.5. The predicted octanol–water partition coefficient (Wildman–Crippen LogP) is -4.80. The van der Waals surface area contributed by atoms with Gasteiger partial charge in [0, 0.05) is 38.7 Å². The van der Waals surface area contributed by atoms with E-state index >= 15 is 0 Å². The van der Waals surface area contributed by atoms with Gasteiger partial charge < -0.3 is 124 Å². The highest BCUT2D eigenvalue weighted by Gasteiger charge is 2.56. The summed E-state index contributed by atoms with van der Waals surface area (Å²) >= 11 is 0. The summed E-state index contributed by atoms with van der Waals surface area (Å²) in [5, 5.41) is 151. The molecule has 458 valence electrons. The smallest absolute Gasteiger partial charge is 0.330 e. The summed E-state index contributed by atoms with van der Waals surface area (Å²) < 4.78 is 66.1. The van der Waals surface area contributed by atoms with Gasteiger partial charge in [0.15, 0.2) is 18.9 Å². The van der Waals surface area contributed by atoms with Crippen LogP contribution in [0.3, 0.4) is 0 Å². The average molecular weight is 1150 g/mol. The molecule has 0 amide bonds. The van der Waals surface area contributed by atoms with E-state index in [2.05, 4.69) is 0 Å². The van der Waals surface area contributed by atoms with E-state index < -0.39 is 203 Å². The molecule has 0 spiro atoms. The van der Waals surface area contributed by atoms with Gasteiger partial charge in [-0.15, -0.1) is 0 Å². The lowest BCUT2D eigenvalue weighted by molar-refractivity contribution is -0.380. The first-order valence-electron chi connectivity index (χ1n) is 28.0. The van der Waals surface area contributed by atoms with Gasteiger partial charge in [-0.1, -0.05) is 12.2 Å². The van der Waals surface area contributed by atoms with E-state index in [1.54, 1.807) is 6.08 Å². The Morgan fingerprint density at radius 3 is 1.57 bits per heavy atom. The number of ether oxygens (including phenoxy) is 11. The molecule has 8 aliphatic rings. The van der Waals surface area contributed by atoms with Gasteiger partial charge in [-0.2, -0.15) is 0 Å². The highest BCUT2D eigenvalue weighted by atomic mass is 16.8. The maximum absolute atomic E-state index is 13.2. The molecule has 4 saturated heterocycles. The van der Waals surface area contributed by atoms with E-state index in [-0.39, 0.29) is 50.4 Å². The minimum absolute atomic E-state index is 0.0112. The van der Waals surface area contributed by atoms with E-state index in [1.165, 1.54) is 26.4 Å². The van der Waals surface area contributed by atoms with E-state index in [9.17, 15) is 81.1 Å². The van der Waals surface area contributed by atoms with Gasteiger partial charge in [0.05, 0.1) is 73.8 Å². The van der Waals surface area contributed by atoms with Gasteiger partial charge in [0.1, 0.15) is 86.5 Å². The van der Waals surface area contributed by atoms with Crippen LogP contribution in [0.15, 0.2) is 24.3 Å². The molecule has 14 N–H and O–H groups in total. The molecule has 30 atom stereocenters. The standard InChI is InChI=1S/C53H84O27/c1-70-33-14-23(4-9-28(33)57)6-12-40(61)73-21-38-43(64)46(67)50(80-52-48(69)45(66)42(63)37(78-52)20-72-39(60)11-5-22-3-8-27(56)30(59)13-22)53(79-38)76-35-18-26-31(74-49(35)24-7-10-29(58)34(15-24)71-2)16-25(55)17-32(26)75-51-47(68)44(65)41(62)36(19-54)77-51/h5-6,11-12,22-38,41-59,62-69H,3-4,7-10,13-21H2,1-2H3. The van der Waals surface area contributed by atoms with Crippen LogP contribution in [0, 0.1) is 23.7 Å². The fourth-order valence-corrected chi connectivity index (χ4v) is 12.7. The lowest BCUT2D eigenvalue weighted by Gasteiger charge is -2.53. The average Bonchev–Trinajstić information content (AvgIpc) is 3.57. The van der Waals surface area contributed by atoms with Crippen molar-refractivity contribution in [3.8, 4) is 0 Å². The number of esters is 2. The number of carbonyl (C=O) groups is 2. The zero-order valence-corrected chi connectivity index (χ0v) is 44.8. The highest BCUT2D eigenvalue weighted by Crippen LogP contribution is 2.46. The number of carbonyl (C=O) groups excluding carboxylic acids is 2. The van der Waals surface area contributed by atoms with Crippen molar-refractivity contribution in [2.24, 2.45) is 23.7 Å². The molecule has 27 heteroatoms. The predicted molar refractivity (Wildman–Crippen MR) is 266 cm³/mol. The SMILES string of the molecule is COC1CC(C=CC(=O)OCC2OC(OC3CC4C(OC5OC(CO)C(O)C(O)C5O)CC(O)CC4OC3C3CCC(O)C(OC)C3)C(OC3OC(COC(=O)C=CC4CCC(O)C(O)C4)C(O)C(O)C3O)C(O)C2O)CCC1O. The number of methoxy groups -OCH3 is 2. The van der Waals surface area contributed by atoms with Gasteiger partial charge in [0.25, 0.3) is 0 Å². The molecule has 0 aromatic heterocycles. The molecule has 80 heavy (non-hydrogen) atoms. The minimum Gasteiger partial charge on any atom is -0.460 e. The Morgan fingerprint density at radius 1 is 0.463 bits per heavy atom. The van der Waals surface area contributed by atoms with E-state index in [0.717, 1.165) is 6.08 Å². The maximum atomic E-state index is 13.2. The fraction of sp³-hybridized carbons (Fsp3) is 0.887. The van der Waals surface area contributed by atoms with Crippen molar-refractivity contribution in [1.82, 2.24) is 0 Å². The molecule has 0 radical (unpaired) electrons. The summed E-state index contributed by atoms with van der Waals surface area (Å²) in [6, 6.07) is 0. The molecule has 8 fully saturated rings. The van der Waals surface area contributed by atoms with Crippen LogP contribution in [0.1, 0.15) is 77.0 Å². The van der Waals surface area contributed by atoms with Crippen LogP contribution >= 0.6 is 0 Å². The lowest BCUT2D eigenvalue weighted by Crippen LogP contribution is -2.66. The van der Waals surface area contributed by atoms with Crippen LogP contribution in [0.2, 0.25) is 0 Å². The lowest BCUT2D eigenvalue weighted by atomic mass is 9.72. The van der Waals surface area contributed by atoms with Crippen LogP contribution in [0.4, 0.5) is 0 Å². The first kappa shape index (κ1) is 63.5. The molecule has 30 unspecified atom stereocenters.